The van der Waals surface area contributed by atoms with E-state index in [0.717, 1.165) is 12.0 Å². The third-order valence-electron chi connectivity index (χ3n) is 4.07. The molecule has 3 rings (SSSR count). The average molecular weight is 288 g/mol. The van der Waals surface area contributed by atoms with Crippen LogP contribution in [-0.2, 0) is 0 Å². The molecule has 2 aromatic carbocycles. The highest BCUT2D eigenvalue weighted by atomic mass is 16.3. The van der Waals surface area contributed by atoms with Crippen molar-refractivity contribution in [2.24, 2.45) is 5.92 Å². The van der Waals surface area contributed by atoms with Crippen LogP contribution in [0.5, 0.6) is 5.75 Å². The number of allylic oxidation sites excluding steroid dienone is 5. The van der Waals surface area contributed by atoms with E-state index in [-0.39, 0.29) is 0 Å². The first kappa shape index (κ1) is 14.4. The smallest absolute Gasteiger partial charge is 0.115 e. The van der Waals surface area contributed by atoms with Gasteiger partial charge in [0.1, 0.15) is 5.75 Å². The second-order valence-corrected chi connectivity index (χ2v) is 5.46. The second kappa shape index (κ2) is 6.48. The van der Waals surface area contributed by atoms with Crippen LogP contribution in [0.4, 0.5) is 0 Å². The minimum Gasteiger partial charge on any atom is -0.508 e. The van der Waals surface area contributed by atoms with Gasteiger partial charge >= 0.3 is 0 Å². The van der Waals surface area contributed by atoms with E-state index in [2.05, 4.69) is 55.5 Å². The Hall–Kier alpha value is -2.54. The average Bonchev–Trinajstić information content (AvgIpc) is 3.08. The largest absolute Gasteiger partial charge is 0.508 e. The van der Waals surface area contributed by atoms with E-state index in [1.807, 2.05) is 18.2 Å². The highest BCUT2D eigenvalue weighted by Gasteiger charge is 2.17. The lowest BCUT2D eigenvalue weighted by molar-refractivity contribution is 0.475. The van der Waals surface area contributed by atoms with Gasteiger partial charge in [-0.25, -0.2) is 0 Å². The molecule has 0 amide bonds. The molecule has 0 heterocycles. The standard InChI is InChI=1S/C21H20O/c1-2-20(16-8-6-7-9-16)21(17-10-4-3-5-11-17)18-12-14-19(22)15-13-18/h3-16,22H,2H2,1H3/b21-20+. The zero-order valence-corrected chi connectivity index (χ0v) is 12.7. The molecule has 0 aliphatic heterocycles. The van der Waals surface area contributed by atoms with Gasteiger partial charge < -0.3 is 5.11 Å². The van der Waals surface area contributed by atoms with Crippen LogP contribution >= 0.6 is 0 Å². The van der Waals surface area contributed by atoms with Gasteiger partial charge in [-0.3, -0.25) is 0 Å². The number of aromatic hydroxyl groups is 1. The lowest BCUT2D eigenvalue weighted by Gasteiger charge is -2.19. The van der Waals surface area contributed by atoms with Crippen molar-refractivity contribution in [3.8, 4) is 5.75 Å². The Morgan fingerprint density at radius 2 is 1.45 bits per heavy atom. The summed E-state index contributed by atoms with van der Waals surface area (Å²) in [5.41, 5.74) is 5.04. The molecule has 1 N–H and O–H groups in total. The number of rotatable bonds is 4. The predicted octanol–water partition coefficient (Wildman–Crippen LogP) is 5.35. The number of phenolic OH excluding ortho intramolecular Hbond substituents is 1. The Kier molecular flexibility index (Phi) is 4.24. The maximum absolute atomic E-state index is 9.58. The summed E-state index contributed by atoms with van der Waals surface area (Å²) in [5.74, 6) is 0.656. The Morgan fingerprint density at radius 1 is 0.864 bits per heavy atom. The molecule has 0 bridgehead atoms. The van der Waals surface area contributed by atoms with Crippen molar-refractivity contribution in [1.29, 1.82) is 0 Å². The van der Waals surface area contributed by atoms with Gasteiger partial charge in [0.15, 0.2) is 0 Å². The molecule has 2 aromatic rings. The number of hydrogen-bond donors (Lipinski definition) is 1. The molecule has 1 aliphatic rings. The van der Waals surface area contributed by atoms with Gasteiger partial charge in [-0.1, -0.05) is 79.3 Å². The summed E-state index contributed by atoms with van der Waals surface area (Å²) in [6.45, 7) is 2.21. The monoisotopic (exact) mass is 288 g/mol. The molecule has 1 heteroatoms. The normalized spacial score (nSPS) is 15.1. The van der Waals surface area contributed by atoms with Crippen molar-refractivity contribution in [2.75, 3.05) is 0 Å². The fraction of sp³-hybridized carbons (Fsp3) is 0.143. The van der Waals surface area contributed by atoms with Crippen LogP contribution in [0.1, 0.15) is 24.5 Å². The second-order valence-electron chi connectivity index (χ2n) is 5.46. The molecular weight excluding hydrogens is 268 g/mol. The Labute approximate surface area is 131 Å². The van der Waals surface area contributed by atoms with Gasteiger partial charge in [0, 0.05) is 5.92 Å². The summed E-state index contributed by atoms with van der Waals surface area (Å²) in [6.07, 6.45) is 9.69. The number of hydrogen-bond acceptors (Lipinski definition) is 1. The lowest BCUT2D eigenvalue weighted by Crippen LogP contribution is -2.01. The van der Waals surface area contributed by atoms with Crippen LogP contribution in [0.25, 0.3) is 5.57 Å². The fourth-order valence-corrected chi connectivity index (χ4v) is 3.01. The number of phenols is 1. The quantitative estimate of drug-likeness (QED) is 0.804. The van der Waals surface area contributed by atoms with Crippen molar-refractivity contribution >= 4 is 5.57 Å². The van der Waals surface area contributed by atoms with E-state index in [1.165, 1.54) is 16.7 Å². The van der Waals surface area contributed by atoms with Crippen LogP contribution in [0.2, 0.25) is 0 Å². The first-order chi connectivity index (χ1) is 10.8. The molecule has 110 valence electrons. The third kappa shape index (κ3) is 2.89. The van der Waals surface area contributed by atoms with Crippen LogP contribution in [0.15, 0.2) is 84.5 Å². The van der Waals surface area contributed by atoms with Crippen LogP contribution in [0, 0.1) is 5.92 Å². The van der Waals surface area contributed by atoms with E-state index in [9.17, 15) is 5.11 Å². The summed E-state index contributed by atoms with van der Waals surface area (Å²) in [5, 5.41) is 9.58. The molecular formula is C21H20O. The van der Waals surface area contributed by atoms with E-state index < -0.39 is 0 Å². The number of benzene rings is 2. The van der Waals surface area contributed by atoms with Crippen molar-refractivity contribution in [3.63, 3.8) is 0 Å². The van der Waals surface area contributed by atoms with Crippen LogP contribution in [0.3, 0.4) is 0 Å². The highest BCUT2D eigenvalue weighted by Crippen LogP contribution is 2.35. The van der Waals surface area contributed by atoms with E-state index in [1.54, 1.807) is 12.1 Å². The molecule has 0 atom stereocenters. The van der Waals surface area contributed by atoms with Crippen molar-refractivity contribution in [2.45, 2.75) is 13.3 Å². The highest BCUT2D eigenvalue weighted by molar-refractivity contribution is 5.83. The Bertz CT molecular complexity index is 706. The first-order valence-electron chi connectivity index (χ1n) is 7.72. The predicted molar refractivity (Wildman–Crippen MR) is 92.6 cm³/mol. The Balaban J connectivity index is 2.19. The van der Waals surface area contributed by atoms with E-state index in [4.69, 9.17) is 0 Å². The van der Waals surface area contributed by atoms with Crippen LogP contribution < -0.4 is 0 Å². The zero-order valence-electron chi connectivity index (χ0n) is 12.7. The van der Waals surface area contributed by atoms with Gasteiger partial charge in [0.2, 0.25) is 0 Å². The maximum atomic E-state index is 9.58. The van der Waals surface area contributed by atoms with E-state index >= 15 is 0 Å². The van der Waals surface area contributed by atoms with Gasteiger partial charge in [0.05, 0.1) is 0 Å². The summed E-state index contributed by atoms with van der Waals surface area (Å²) in [7, 11) is 0. The first-order valence-corrected chi connectivity index (χ1v) is 7.72. The molecule has 0 radical (unpaired) electrons. The Morgan fingerprint density at radius 3 is 2.05 bits per heavy atom. The SMILES string of the molecule is CC/C(=C(/c1ccccc1)c1ccc(O)cc1)C1C=CC=C1. The minimum absolute atomic E-state index is 0.301. The van der Waals surface area contributed by atoms with Crippen molar-refractivity contribution in [1.82, 2.24) is 0 Å². The van der Waals surface area contributed by atoms with Gasteiger partial charge in [-0.2, -0.15) is 0 Å². The lowest BCUT2D eigenvalue weighted by atomic mass is 9.85. The molecule has 0 aromatic heterocycles. The fourth-order valence-electron chi connectivity index (χ4n) is 3.01. The molecule has 0 spiro atoms. The molecule has 1 nitrogen and oxygen atoms in total. The van der Waals surface area contributed by atoms with E-state index in [0.29, 0.717) is 11.7 Å². The topological polar surface area (TPSA) is 20.2 Å². The summed E-state index contributed by atoms with van der Waals surface area (Å²) in [4.78, 5) is 0. The zero-order chi connectivity index (χ0) is 15.4. The van der Waals surface area contributed by atoms with Crippen molar-refractivity contribution < 1.29 is 5.11 Å². The molecule has 1 aliphatic carbocycles. The minimum atomic E-state index is 0.301. The van der Waals surface area contributed by atoms with Gasteiger partial charge in [-0.15, -0.1) is 0 Å². The third-order valence-corrected chi connectivity index (χ3v) is 4.07. The molecule has 22 heavy (non-hydrogen) atoms. The molecule has 0 unspecified atom stereocenters. The molecule has 0 saturated heterocycles. The maximum Gasteiger partial charge on any atom is 0.115 e. The van der Waals surface area contributed by atoms with Crippen molar-refractivity contribution in [3.05, 3.63) is 95.6 Å². The summed E-state index contributed by atoms with van der Waals surface area (Å²) >= 11 is 0. The van der Waals surface area contributed by atoms with Gasteiger partial charge in [0.25, 0.3) is 0 Å². The molecule has 0 fully saturated rings. The molecule has 0 saturated carbocycles. The summed E-state index contributed by atoms with van der Waals surface area (Å²) < 4.78 is 0. The van der Waals surface area contributed by atoms with Gasteiger partial charge in [-0.05, 0) is 35.3 Å². The van der Waals surface area contributed by atoms with Crippen LogP contribution in [-0.4, -0.2) is 5.11 Å². The summed E-state index contributed by atoms with van der Waals surface area (Å²) in [6, 6.07) is 18.0.